The van der Waals surface area contributed by atoms with Crippen molar-refractivity contribution in [1.29, 1.82) is 0 Å². The quantitative estimate of drug-likeness (QED) is 0.860. The summed E-state index contributed by atoms with van der Waals surface area (Å²) < 4.78 is 0. The van der Waals surface area contributed by atoms with Crippen molar-refractivity contribution in [2.75, 3.05) is 13.1 Å². The molecular weight excluding hydrogens is 255 g/mol. The Hall–Kier alpha value is -0.280. The predicted octanol–water partition coefficient (Wildman–Crippen LogP) is 3.55. The highest BCUT2D eigenvalue weighted by atomic mass is 35.5. The Bertz CT molecular complexity index is 353. The molecule has 0 bridgehead atoms. The van der Waals surface area contributed by atoms with Crippen molar-refractivity contribution in [3.8, 4) is 0 Å². The molecule has 0 unspecified atom stereocenters. The third kappa shape index (κ3) is 4.84. The number of hydrogen-bond acceptors (Lipinski definition) is 2. The van der Waals surface area contributed by atoms with Crippen LogP contribution in [0.5, 0.6) is 0 Å². The molecule has 0 aliphatic rings. The van der Waals surface area contributed by atoms with E-state index < -0.39 is 0 Å². The summed E-state index contributed by atoms with van der Waals surface area (Å²) in [5.41, 5.74) is 6.73. The number of nitrogens with two attached hydrogens (primary N) is 1. The fourth-order valence-corrected chi connectivity index (χ4v) is 2.01. The number of rotatable bonds is 6. The summed E-state index contributed by atoms with van der Waals surface area (Å²) in [6.07, 6.45) is 1.01. The minimum Gasteiger partial charge on any atom is -0.330 e. The zero-order chi connectivity index (χ0) is 12.8. The minimum atomic E-state index is 0.496. The van der Waals surface area contributed by atoms with Gasteiger partial charge >= 0.3 is 0 Å². The Morgan fingerprint density at radius 3 is 2.47 bits per heavy atom. The Kier molecular flexibility index (Phi) is 6.28. The van der Waals surface area contributed by atoms with Crippen LogP contribution < -0.4 is 5.73 Å². The maximum atomic E-state index is 6.01. The molecule has 0 radical (unpaired) electrons. The summed E-state index contributed by atoms with van der Waals surface area (Å²) in [6.45, 7) is 7.00. The summed E-state index contributed by atoms with van der Waals surface area (Å²) >= 11 is 11.9. The second-order valence-corrected chi connectivity index (χ2v) is 5.27. The topological polar surface area (TPSA) is 29.3 Å². The highest BCUT2D eigenvalue weighted by molar-refractivity contribution is 6.42. The first kappa shape index (κ1) is 14.8. The second kappa shape index (κ2) is 7.22. The van der Waals surface area contributed by atoms with Crippen LogP contribution in [0.2, 0.25) is 10.0 Å². The zero-order valence-corrected chi connectivity index (χ0v) is 11.9. The average molecular weight is 275 g/mol. The number of nitrogens with zero attached hydrogens (tertiary/aromatic N) is 1. The van der Waals surface area contributed by atoms with Gasteiger partial charge in [-0.25, -0.2) is 0 Å². The lowest BCUT2D eigenvalue weighted by Gasteiger charge is -2.26. The van der Waals surface area contributed by atoms with Gasteiger partial charge in [-0.15, -0.1) is 0 Å². The monoisotopic (exact) mass is 274 g/mol. The molecule has 0 atom stereocenters. The van der Waals surface area contributed by atoms with Crippen LogP contribution in [0.3, 0.4) is 0 Å². The molecule has 1 aromatic rings. The van der Waals surface area contributed by atoms with Gasteiger partial charge in [-0.05, 0) is 51.1 Å². The Morgan fingerprint density at radius 2 is 1.94 bits per heavy atom. The minimum absolute atomic E-state index is 0.496. The molecule has 0 aliphatic heterocycles. The lowest BCUT2D eigenvalue weighted by atomic mass is 10.2. The lowest BCUT2D eigenvalue weighted by Crippen LogP contribution is -2.32. The highest BCUT2D eigenvalue weighted by Crippen LogP contribution is 2.23. The lowest BCUT2D eigenvalue weighted by molar-refractivity contribution is 0.211. The van der Waals surface area contributed by atoms with Crippen LogP contribution in [0.25, 0.3) is 0 Å². The molecular formula is C13H20Cl2N2. The van der Waals surface area contributed by atoms with Gasteiger partial charge < -0.3 is 5.73 Å². The van der Waals surface area contributed by atoms with Crippen molar-refractivity contribution in [2.45, 2.75) is 32.9 Å². The summed E-state index contributed by atoms with van der Waals surface area (Å²) in [5, 5.41) is 1.22. The molecule has 2 nitrogen and oxygen atoms in total. The maximum absolute atomic E-state index is 6.01. The van der Waals surface area contributed by atoms with Crippen LogP contribution in [0, 0.1) is 0 Å². The summed E-state index contributed by atoms with van der Waals surface area (Å²) in [5.74, 6) is 0. The first-order valence-electron chi connectivity index (χ1n) is 5.92. The maximum Gasteiger partial charge on any atom is 0.0595 e. The van der Waals surface area contributed by atoms with Gasteiger partial charge in [0.15, 0.2) is 0 Å². The van der Waals surface area contributed by atoms with Crippen molar-refractivity contribution in [1.82, 2.24) is 4.90 Å². The molecule has 0 fully saturated rings. The van der Waals surface area contributed by atoms with Crippen LogP contribution in [0.1, 0.15) is 25.8 Å². The zero-order valence-electron chi connectivity index (χ0n) is 10.4. The van der Waals surface area contributed by atoms with Crippen molar-refractivity contribution in [3.63, 3.8) is 0 Å². The van der Waals surface area contributed by atoms with E-state index >= 15 is 0 Å². The molecule has 1 rings (SSSR count). The summed E-state index contributed by atoms with van der Waals surface area (Å²) in [7, 11) is 0. The Labute approximate surface area is 114 Å². The Balaban J connectivity index is 2.68. The van der Waals surface area contributed by atoms with Crippen LogP contribution in [0.4, 0.5) is 0 Å². The molecule has 0 amide bonds. The summed E-state index contributed by atoms with van der Waals surface area (Å²) in [4.78, 5) is 2.38. The molecule has 2 N–H and O–H groups in total. The normalized spacial score (nSPS) is 11.5. The molecule has 0 heterocycles. The van der Waals surface area contributed by atoms with Gasteiger partial charge in [-0.3, -0.25) is 4.90 Å². The highest BCUT2D eigenvalue weighted by Gasteiger charge is 2.10. The van der Waals surface area contributed by atoms with E-state index in [1.165, 1.54) is 5.56 Å². The molecule has 0 aromatic heterocycles. The fourth-order valence-electron chi connectivity index (χ4n) is 1.69. The molecule has 0 saturated heterocycles. The number of halogens is 2. The fraction of sp³-hybridized carbons (Fsp3) is 0.538. The van der Waals surface area contributed by atoms with Crippen LogP contribution in [-0.2, 0) is 6.54 Å². The van der Waals surface area contributed by atoms with Crippen molar-refractivity contribution < 1.29 is 0 Å². The van der Waals surface area contributed by atoms with Gasteiger partial charge in [0, 0.05) is 12.6 Å². The van der Waals surface area contributed by atoms with E-state index in [1.54, 1.807) is 0 Å². The van der Waals surface area contributed by atoms with Crippen LogP contribution in [0.15, 0.2) is 18.2 Å². The SMILES string of the molecule is CC(C)N(CCCN)Cc1ccc(Cl)c(Cl)c1. The predicted molar refractivity (Wildman–Crippen MR) is 75.7 cm³/mol. The largest absolute Gasteiger partial charge is 0.330 e. The molecule has 4 heteroatoms. The van der Waals surface area contributed by atoms with E-state index in [-0.39, 0.29) is 0 Å². The van der Waals surface area contributed by atoms with Gasteiger partial charge in [0.1, 0.15) is 0 Å². The molecule has 0 aliphatic carbocycles. The molecule has 17 heavy (non-hydrogen) atoms. The van der Waals surface area contributed by atoms with Gasteiger partial charge in [0.05, 0.1) is 10.0 Å². The third-order valence-electron chi connectivity index (χ3n) is 2.75. The van der Waals surface area contributed by atoms with Crippen molar-refractivity contribution in [3.05, 3.63) is 33.8 Å². The summed E-state index contributed by atoms with van der Waals surface area (Å²) in [6, 6.07) is 6.30. The van der Waals surface area contributed by atoms with Crippen LogP contribution >= 0.6 is 23.2 Å². The van der Waals surface area contributed by atoms with E-state index in [9.17, 15) is 0 Å². The second-order valence-electron chi connectivity index (χ2n) is 4.45. The van der Waals surface area contributed by atoms with E-state index in [4.69, 9.17) is 28.9 Å². The van der Waals surface area contributed by atoms with Crippen LogP contribution in [-0.4, -0.2) is 24.0 Å². The molecule has 0 saturated carbocycles. The van der Waals surface area contributed by atoms with Gasteiger partial charge in [0.25, 0.3) is 0 Å². The van der Waals surface area contributed by atoms with Gasteiger partial charge in [0.2, 0.25) is 0 Å². The smallest absolute Gasteiger partial charge is 0.0595 e. The van der Waals surface area contributed by atoms with Crippen molar-refractivity contribution >= 4 is 23.2 Å². The first-order chi connectivity index (χ1) is 8.04. The van der Waals surface area contributed by atoms with Crippen molar-refractivity contribution in [2.24, 2.45) is 5.73 Å². The Morgan fingerprint density at radius 1 is 1.24 bits per heavy atom. The average Bonchev–Trinajstić information content (AvgIpc) is 2.28. The molecule has 96 valence electrons. The van der Waals surface area contributed by atoms with Gasteiger partial charge in [-0.1, -0.05) is 29.3 Å². The van der Waals surface area contributed by atoms with Gasteiger partial charge in [-0.2, -0.15) is 0 Å². The van der Waals surface area contributed by atoms with E-state index in [1.807, 2.05) is 18.2 Å². The van der Waals surface area contributed by atoms with E-state index in [2.05, 4.69) is 18.7 Å². The van der Waals surface area contributed by atoms with E-state index in [0.29, 0.717) is 16.1 Å². The first-order valence-corrected chi connectivity index (χ1v) is 6.68. The number of hydrogen-bond donors (Lipinski definition) is 1. The third-order valence-corrected chi connectivity index (χ3v) is 3.49. The molecule has 0 spiro atoms. The standard InChI is InChI=1S/C13H20Cl2N2/c1-10(2)17(7-3-6-16)9-11-4-5-12(14)13(15)8-11/h4-5,8,10H,3,6-7,9,16H2,1-2H3. The molecule has 1 aromatic carbocycles. The number of benzene rings is 1. The van der Waals surface area contributed by atoms with E-state index in [0.717, 1.165) is 26.1 Å².